The first-order valence-corrected chi connectivity index (χ1v) is 11.0. The largest absolute Gasteiger partial charge is 0.368 e. The molecular weight excluding hydrogens is 234 g/mol. The zero-order valence-corrected chi connectivity index (χ0v) is 13.3. The maximum Gasteiger partial charge on any atom is 0.0446 e. The lowest BCUT2D eigenvalue weighted by molar-refractivity contribution is 0.297. The van der Waals surface area contributed by atoms with Crippen LogP contribution in [0.25, 0.3) is 0 Å². The lowest BCUT2D eigenvalue weighted by Gasteiger charge is -2.51. The zero-order chi connectivity index (χ0) is 13.2. The van der Waals surface area contributed by atoms with E-state index in [1.807, 2.05) is 0 Å². The molecule has 100 valence electrons. The van der Waals surface area contributed by atoms with Crippen molar-refractivity contribution < 1.29 is 0 Å². The third kappa shape index (κ3) is 3.17. The summed E-state index contributed by atoms with van der Waals surface area (Å²) in [5.41, 5.74) is 1.42. The highest BCUT2D eigenvalue weighted by molar-refractivity contribution is 6.76. The van der Waals surface area contributed by atoms with Gasteiger partial charge in [0, 0.05) is 26.3 Å². The lowest BCUT2D eigenvalue weighted by atomic mass is 9.86. The Bertz CT molecular complexity index is 368. The van der Waals surface area contributed by atoms with Crippen LogP contribution in [-0.4, -0.2) is 20.7 Å². The van der Waals surface area contributed by atoms with Crippen LogP contribution in [0.1, 0.15) is 19.8 Å². The average Bonchev–Trinajstić information content (AvgIpc) is 2.31. The predicted molar refractivity (Wildman–Crippen MR) is 84.1 cm³/mol. The number of anilines is 1. The summed E-state index contributed by atoms with van der Waals surface area (Å²) in [5, 5.41) is 0. The van der Waals surface area contributed by atoms with Crippen LogP contribution in [0.15, 0.2) is 30.3 Å². The Morgan fingerprint density at radius 3 is 2.39 bits per heavy atom. The molecule has 2 atom stereocenters. The molecule has 1 aliphatic rings. The number of benzene rings is 1. The molecule has 1 fully saturated rings. The van der Waals surface area contributed by atoms with Crippen LogP contribution in [-0.2, 0) is 0 Å². The first kappa shape index (κ1) is 13.7. The molecule has 1 heterocycles. The van der Waals surface area contributed by atoms with E-state index >= 15 is 0 Å². The second kappa shape index (κ2) is 5.48. The Hall–Kier alpha value is -0.763. The highest BCUT2D eigenvalue weighted by Gasteiger charge is 2.40. The van der Waals surface area contributed by atoms with E-state index in [4.69, 9.17) is 0 Å². The summed E-state index contributed by atoms with van der Waals surface area (Å²) in [7, 11) is -0.918. The van der Waals surface area contributed by atoms with Crippen molar-refractivity contribution in [1.29, 1.82) is 0 Å². The summed E-state index contributed by atoms with van der Waals surface area (Å²) >= 11 is 0. The van der Waals surface area contributed by atoms with Crippen molar-refractivity contribution in [2.24, 2.45) is 5.92 Å². The van der Waals surface area contributed by atoms with Crippen LogP contribution in [0.3, 0.4) is 0 Å². The molecule has 0 bridgehead atoms. The van der Waals surface area contributed by atoms with Crippen molar-refractivity contribution >= 4 is 13.8 Å². The topological polar surface area (TPSA) is 3.24 Å². The first-order valence-electron chi connectivity index (χ1n) is 7.33. The summed E-state index contributed by atoms with van der Waals surface area (Å²) in [4.78, 5) is 2.62. The summed E-state index contributed by atoms with van der Waals surface area (Å²) in [6.07, 6.45) is 2.65. The highest BCUT2D eigenvalue weighted by atomic mass is 28.3. The standard InChI is InChI=1S/C16H27NSi/c1-5-9-16-14(13-18(2,3)4)12-17(16)15-10-7-6-8-11-15/h6-8,10-11,14,16H,5,9,12-13H2,1-4H3/t14-,16-/m0/s1. The van der Waals surface area contributed by atoms with Gasteiger partial charge in [0.05, 0.1) is 0 Å². The molecule has 0 N–H and O–H groups in total. The Balaban J connectivity index is 2.03. The number of para-hydroxylation sites is 1. The monoisotopic (exact) mass is 261 g/mol. The Labute approximate surface area is 113 Å². The maximum atomic E-state index is 2.62. The smallest absolute Gasteiger partial charge is 0.0446 e. The SMILES string of the molecule is CCC[C@H]1[C@H](C[Si](C)(C)C)CN1c1ccccc1. The highest BCUT2D eigenvalue weighted by Crippen LogP contribution is 2.38. The summed E-state index contributed by atoms with van der Waals surface area (Å²) in [6.45, 7) is 11.1. The van der Waals surface area contributed by atoms with Gasteiger partial charge in [-0.15, -0.1) is 0 Å². The van der Waals surface area contributed by atoms with Crippen molar-refractivity contribution in [2.45, 2.75) is 51.5 Å². The average molecular weight is 261 g/mol. The van der Waals surface area contributed by atoms with Gasteiger partial charge in [0.2, 0.25) is 0 Å². The van der Waals surface area contributed by atoms with Gasteiger partial charge < -0.3 is 4.90 Å². The first-order chi connectivity index (χ1) is 8.51. The second-order valence-electron chi connectivity index (χ2n) is 6.87. The fourth-order valence-electron chi connectivity index (χ4n) is 3.22. The van der Waals surface area contributed by atoms with Gasteiger partial charge in [0.25, 0.3) is 0 Å². The molecule has 1 aliphatic heterocycles. The van der Waals surface area contributed by atoms with Gasteiger partial charge in [-0.25, -0.2) is 0 Å². The van der Waals surface area contributed by atoms with Crippen molar-refractivity contribution in [3.63, 3.8) is 0 Å². The molecule has 2 rings (SSSR count). The van der Waals surface area contributed by atoms with Gasteiger partial charge in [0.1, 0.15) is 0 Å². The Morgan fingerprint density at radius 1 is 1.17 bits per heavy atom. The van der Waals surface area contributed by atoms with Gasteiger partial charge in [-0.1, -0.05) is 57.2 Å². The van der Waals surface area contributed by atoms with Crippen LogP contribution >= 0.6 is 0 Å². The third-order valence-electron chi connectivity index (χ3n) is 3.92. The minimum atomic E-state index is -0.918. The molecule has 2 heteroatoms. The van der Waals surface area contributed by atoms with Crippen LogP contribution in [0.2, 0.25) is 25.7 Å². The summed E-state index contributed by atoms with van der Waals surface area (Å²) in [5.74, 6) is 0.942. The van der Waals surface area contributed by atoms with E-state index in [9.17, 15) is 0 Å². The number of hydrogen-bond acceptors (Lipinski definition) is 1. The number of rotatable bonds is 5. The van der Waals surface area contributed by atoms with Crippen molar-refractivity contribution in [2.75, 3.05) is 11.4 Å². The molecule has 0 radical (unpaired) electrons. The molecule has 0 unspecified atom stereocenters. The van der Waals surface area contributed by atoms with E-state index in [1.165, 1.54) is 31.1 Å². The maximum absolute atomic E-state index is 2.62. The minimum absolute atomic E-state index is 0.795. The molecular formula is C16H27NSi. The molecule has 1 aromatic carbocycles. The second-order valence-corrected chi connectivity index (χ2v) is 12.4. The minimum Gasteiger partial charge on any atom is -0.368 e. The Morgan fingerprint density at radius 2 is 1.83 bits per heavy atom. The fourth-order valence-corrected chi connectivity index (χ4v) is 5.19. The van der Waals surface area contributed by atoms with Gasteiger partial charge in [-0.2, -0.15) is 0 Å². The van der Waals surface area contributed by atoms with Crippen LogP contribution in [0.4, 0.5) is 5.69 Å². The Kier molecular flexibility index (Phi) is 4.16. The zero-order valence-electron chi connectivity index (χ0n) is 12.3. The normalized spacial score (nSPS) is 23.9. The molecule has 18 heavy (non-hydrogen) atoms. The van der Waals surface area contributed by atoms with Gasteiger partial charge in [-0.05, 0) is 24.5 Å². The van der Waals surface area contributed by atoms with E-state index in [2.05, 4.69) is 61.8 Å². The molecule has 0 amide bonds. The predicted octanol–water partition coefficient (Wildman–Crippen LogP) is 4.63. The number of nitrogens with zero attached hydrogens (tertiary/aromatic N) is 1. The van der Waals surface area contributed by atoms with Crippen molar-refractivity contribution in [3.05, 3.63) is 30.3 Å². The molecule has 1 aromatic rings. The molecule has 0 spiro atoms. The van der Waals surface area contributed by atoms with E-state index < -0.39 is 8.07 Å². The van der Waals surface area contributed by atoms with Gasteiger partial charge >= 0.3 is 0 Å². The van der Waals surface area contributed by atoms with E-state index in [1.54, 1.807) is 0 Å². The van der Waals surface area contributed by atoms with Crippen LogP contribution in [0, 0.1) is 5.92 Å². The quantitative estimate of drug-likeness (QED) is 0.699. The van der Waals surface area contributed by atoms with E-state index in [-0.39, 0.29) is 0 Å². The molecule has 1 saturated heterocycles. The van der Waals surface area contributed by atoms with Gasteiger partial charge in [-0.3, -0.25) is 0 Å². The fraction of sp³-hybridized carbons (Fsp3) is 0.625. The van der Waals surface area contributed by atoms with Crippen LogP contribution < -0.4 is 4.90 Å². The molecule has 0 aromatic heterocycles. The number of hydrogen-bond donors (Lipinski definition) is 0. The van der Waals surface area contributed by atoms with E-state index in [0.717, 1.165) is 12.0 Å². The summed E-state index contributed by atoms with van der Waals surface area (Å²) < 4.78 is 0. The molecule has 0 aliphatic carbocycles. The third-order valence-corrected chi connectivity index (χ3v) is 5.67. The van der Waals surface area contributed by atoms with Crippen molar-refractivity contribution in [1.82, 2.24) is 0 Å². The molecule has 0 saturated carbocycles. The van der Waals surface area contributed by atoms with E-state index in [0.29, 0.717) is 0 Å². The summed E-state index contributed by atoms with van der Waals surface area (Å²) in [6, 6.07) is 13.2. The molecule has 1 nitrogen and oxygen atoms in total. The van der Waals surface area contributed by atoms with Gasteiger partial charge in [0.15, 0.2) is 0 Å². The van der Waals surface area contributed by atoms with Crippen molar-refractivity contribution in [3.8, 4) is 0 Å². The van der Waals surface area contributed by atoms with Crippen LogP contribution in [0.5, 0.6) is 0 Å². The lowest BCUT2D eigenvalue weighted by Crippen LogP contribution is -2.58.